The molecule has 3 nitrogen and oxygen atoms in total. The first kappa shape index (κ1) is 13.4. The van der Waals surface area contributed by atoms with Gasteiger partial charge in [0, 0.05) is 44.3 Å². The number of nitrogens with one attached hydrogen (secondary N) is 2. The molecule has 0 spiro atoms. The third-order valence-electron chi connectivity index (χ3n) is 3.33. The Hall–Kier alpha value is -1.04. The minimum absolute atomic E-state index is 0.182. The second-order valence-electron chi connectivity index (χ2n) is 4.56. The largest absolute Gasteiger partial charge is 0.314 e. The first-order valence-corrected chi connectivity index (χ1v) is 6.26. The molecule has 1 saturated heterocycles. The summed E-state index contributed by atoms with van der Waals surface area (Å²) in [4.78, 5) is 2.25. The highest BCUT2D eigenvalue weighted by atomic mass is 19.1. The van der Waals surface area contributed by atoms with E-state index in [2.05, 4.69) is 15.5 Å². The summed E-state index contributed by atoms with van der Waals surface area (Å²) in [6.45, 7) is 4.47. The van der Waals surface area contributed by atoms with E-state index in [1.165, 1.54) is 12.1 Å². The lowest BCUT2D eigenvalue weighted by atomic mass is 10.1. The standard InChI is InChI=1S/C13H19F2N3/c1-16-13(9-18-6-4-17-5-7-18)11-8-10(14)2-3-12(11)15/h2-3,8,13,16-17H,4-7,9H2,1H3. The first-order chi connectivity index (χ1) is 8.70. The lowest BCUT2D eigenvalue weighted by Crippen LogP contribution is -2.46. The summed E-state index contributed by atoms with van der Waals surface area (Å²) in [5, 5.41) is 6.34. The minimum atomic E-state index is -0.396. The Morgan fingerprint density at radius 3 is 2.72 bits per heavy atom. The van der Waals surface area contributed by atoms with Crippen molar-refractivity contribution >= 4 is 0 Å². The normalized spacial score (nSPS) is 18.8. The van der Waals surface area contributed by atoms with E-state index in [4.69, 9.17) is 0 Å². The third kappa shape index (κ3) is 3.25. The van der Waals surface area contributed by atoms with Crippen LogP contribution in [0.1, 0.15) is 11.6 Å². The number of hydrogen-bond acceptors (Lipinski definition) is 3. The molecule has 1 aromatic carbocycles. The highest BCUT2D eigenvalue weighted by Gasteiger charge is 2.19. The van der Waals surface area contributed by atoms with Crippen LogP contribution in [0, 0.1) is 11.6 Å². The molecule has 2 N–H and O–H groups in total. The molecule has 2 rings (SSSR count). The van der Waals surface area contributed by atoms with Crippen molar-refractivity contribution < 1.29 is 8.78 Å². The van der Waals surface area contributed by atoms with Crippen molar-refractivity contribution in [3.05, 3.63) is 35.4 Å². The summed E-state index contributed by atoms with van der Waals surface area (Å²) in [6.07, 6.45) is 0. The van der Waals surface area contributed by atoms with Gasteiger partial charge in [-0.15, -0.1) is 0 Å². The minimum Gasteiger partial charge on any atom is -0.314 e. The van der Waals surface area contributed by atoms with E-state index in [9.17, 15) is 8.78 Å². The number of piperazine rings is 1. The van der Waals surface area contributed by atoms with Gasteiger partial charge in [0.25, 0.3) is 0 Å². The van der Waals surface area contributed by atoms with Crippen molar-refractivity contribution in [2.24, 2.45) is 0 Å². The van der Waals surface area contributed by atoms with E-state index in [1.54, 1.807) is 7.05 Å². The van der Waals surface area contributed by atoms with Crippen LogP contribution in [0.3, 0.4) is 0 Å². The summed E-state index contributed by atoms with van der Waals surface area (Å²) >= 11 is 0. The Balaban J connectivity index is 2.09. The Labute approximate surface area is 106 Å². The molecule has 0 aromatic heterocycles. The van der Waals surface area contributed by atoms with Gasteiger partial charge in [0.15, 0.2) is 0 Å². The number of rotatable bonds is 4. The van der Waals surface area contributed by atoms with Crippen LogP contribution >= 0.6 is 0 Å². The predicted octanol–water partition coefficient (Wildman–Crippen LogP) is 1.13. The SMILES string of the molecule is CNC(CN1CCNCC1)c1cc(F)ccc1F. The second-order valence-corrected chi connectivity index (χ2v) is 4.56. The fourth-order valence-corrected chi connectivity index (χ4v) is 2.28. The number of likely N-dealkylation sites (N-methyl/N-ethyl adjacent to an activating group) is 1. The molecule has 1 aromatic rings. The van der Waals surface area contributed by atoms with Gasteiger partial charge in [-0.3, -0.25) is 4.90 Å². The molecule has 1 aliphatic heterocycles. The van der Waals surface area contributed by atoms with E-state index < -0.39 is 5.82 Å². The van der Waals surface area contributed by atoms with Gasteiger partial charge in [-0.2, -0.15) is 0 Å². The molecule has 0 bridgehead atoms. The average molecular weight is 255 g/mol. The summed E-state index contributed by atoms with van der Waals surface area (Å²) in [5.41, 5.74) is 0.399. The van der Waals surface area contributed by atoms with Crippen LogP contribution in [-0.2, 0) is 0 Å². The molecule has 1 aliphatic rings. The second kappa shape index (κ2) is 6.22. The van der Waals surface area contributed by atoms with Gasteiger partial charge < -0.3 is 10.6 Å². The molecular formula is C13H19F2N3. The summed E-state index contributed by atoms with van der Waals surface area (Å²) in [6, 6.07) is 3.43. The Morgan fingerprint density at radius 1 is 1.33 bits per heavy atom. The molecule has 0 amide bonds. The van der Waals surface area contributed by atoms with Crippen LogP contribution < -0.4 is 10.6 Å². The van der Waals surface area contributed by atoms with Crippen LogP contribution in [0.2, 0.25) is 0 Å². The van der Waals surface area contributed by atoms with Crippen LogP contribution in [0.5, 0.6) is 0 Å². The summed E-state index contributed by atoms with van der Waals surface area (Å²) < 4.78 is 26.9. The molecule has 1 heterocycles. The maximum absolute atomic E-state index is 13.7. The Bertz CT molecular complexity index is 392. The van der Waals surface area contributed by atoms with Gasteiger partial charge in [0.2, 0.25) is 0 Å². The monoisotopic (exact) mass is 255 g/mol. The van der Waals surface area contributed by atoms with Crippen molar-refractivity contribution in [3.8, 4) is 0 Å². The topological polar surface area (TPSA) is 27.3 Å². The molecule has 5 heteroatoms. The van der Waals surface area contributed by atoms with E-state index in [0.29, 0.717) is 12.1 Å². The molecule has 1 unspecified atom stereocenters. The van der Waals surface area contributed by atoms with Crippen molar-refractivity contribution in [1.29, 1.82) is 0 Å². The predicted molar refractivity (Wildman–Crippen MR) is 67.5 cm³/mol. The zero-order valence-corrected chi connectivity index (χ0v) is 10.5. The molecule has 0 aliphatic carbocycles. The number of benzene rings is 1. The van der Waals surface area contributed by atoms with Gasteiger partial charge in [-0.25, -0.2) is 8.78 Å². The van der Waals surface area contributed by atoms with Crippen LogP contribution in [-0.4, -0.2) is 44.7 Å². The zero-order valence-electron chi connectivity index (χ0n) is 10.5. The maximum Gasteiger partial charge on any atom is 0.128 e. The van der Waals surface area contributed by atoms with Gasteiger partial charge >= 0.3 is 0 Å². The van der Waals surface area contributed by atoms with Crippen LogP contribution in [0.4, 0.5) is 8.78 Å². The zero-order chi connectivity index (χ0) is 13.0. The third-order valence-corrected chi connectivity index (χ3v) is 3.33. The highest BCUT2D eigenvalue weighted by Crippen LogP contribution is 2.19. The van der Waals surface area contributed by atoms with Crippen molar-refractivity contribution in [2.45, 2.75) is 6.04 Å². The van der Waals surface area contributed by atoms with E-state index >= 15 is 0 Å². The van der Waals surface area contributed by atoms with Gasteiger partial charge in [0.05, 0.1) is 0 Å². The van der Waals surface area contributed by atoms with Crippen molar-refractivity contribution in [1.82, 2.24) is 15.5 Å². The molecule has 0 saturated carbocycles. The maximum atomic E-state index is 13.7. The number of nitrogens with zero attached hydrogens (tertiary/aromatic N) is 1. The van der Waals surface area contributed by atoms with Crippen molar-refractivity contribution in [3.63, 3.8) is 0 Å². The molecular weight excluding hydrogens is 236 g/mol. The van der Waals surface area contributed by atoms with E-state index in [1.807, 2.05) is 0 Å². The summed E-state index contributed by atoms with van der Waals surface area (Å²) in [5.74, 6) is -0.752. The lowest BCUT2D eigenvalue weighted by Gasteiger charge is -2.31. The Morgan fingerprint density at radius 2 is 2.06 bits per heavy atom. The molecule has 1 atom stereocenters. The molecule has 1 fully saturated rings. The summed E-state index contributed by atoms with van der Waals surface area (Å²) in [7, 11) is 1.78. The van der Waals surface area contributed by atoms with Gasteiger partial charge in [-0.1, -0.05) is 0 Å². The average Bonchev–Trinajstić information content (AvgIpc) is 2.40. The Kier molecular flexibility index (Phi) is 4.63. The lowest BCUT2D eigenvalue weighted by molar-refractivity contribution is 0.217. The smallest absolute Gasteiger partial charge is 0.128 e. The van der Waals surface area contributed by atoms with Crippen molar-refractivity contribution in [2.75, 3.05) is 39.8 Å². The molecule has 18 heavy (non-hydrogen) atoms. The van der Waals surface area contributed by atoms with E-state index in [0.717, 1.165) is 32.2 Å². The van der Waals surface area contributed by atoms with Crippen LogP contribution in [0.15, 0.2) is 18.2 Å². The number of hydrogen-bond donors (Lipinski definition) is 2. The number of halogens is 2. The molecule has 100 valence electrons. The van der Waals surface area contributed by atoms with Gasteiger partial charge in [-0.05, 0) is 25.2 Å². The van der Waals surface area contributed by atoms with E-state index in [-0.39, 0.29) is 11.9 Å². The fourth-order valence-electron chi connectivity index (χ4n) is 2.28. The molecule has 0 radical (unpaired) electrons. The highest BCUT2D eigenvalue weighted by molar-refractivity contribution is 5.22. The van der Waals surface area contributed by atoms with Crippen LogP contribution in [0.25, 0.3) is 0 Å². The first-order valence-electron chi connectivity index (χ1n) is 6.26. The fraction of sp³-hybridized carbons (Fsp3) is 0.538. The van der Waals surface area contributed by atoms with Gasteiger partial charge in [0.1, 0.15) is 11.6 Å². The quantitative estimate of drug-likeness (QED) is 0.844.